The molecule has 5 nitrogen and oxygen atoms in total. The van der Waals surface area contributed by atoms with Crippen molar-refractivity contribution in [2.75, 3.05) is 6.54 Å². The molecule has 0 saturated carbocycles. The Balaban J connectivity index is 1.55. The Labute approximate surface area is 198 Å². The van der Waals surface area contributed by atoms with E-state index in [-0.39, 0.29) is 5.91 Å². The normalized spacial score (nSPS) is 15.7. The molecule has 0 N–H and O–H groups in total. The average molecular weight is 450 g/mol. The van der Waals surface area contributed by atoms with Gasteiger partial charge in [-0.25, -0.2) is 0 Å². The first-order chi connectivity index (χ1) is 16.5. The van der Waals surface area contributed by atoms with Gasteiger partial charge < -0.3 is 14.0 Å². The number of carbonyl (C=O) groups excluding carboxylic acids is 1. The molecule has 2 aromatic heterocycles. The maximum Gasteiger partial charge on any atom is 0.254 e. The SMILES string of the molecule is Cc1noc(C)c1-c1ccc2c3cc(C(=O)N4CCC4C)ccc3n(Cc3ccccc3)c2c1. The van der Waals surface area contributed by atoms with E-state index < -0.39 is 0 Å². The molecule has 3 heterocycles. The lowest BCUT2D eigenvalue weighted by atomic mass is 10.0. The van der Waals surface area contributed by atoms with Crippen LogP contribution in [0.5, 0.6) is 0 Å². The smallest absolute Gasteiger partial charge is 0.254 e. The van der Waals surface area contributed by atoms with Crippen molar-refractivity contribution in [2.24, 2.45) is 0 Å². The highest BCUT2D eigenvalue weighted by Gasteiger charge is 2.29. The summed E-state index contributed by atoms with van der Waals surface area (Å²) in [4.78, 5) is 15.1. The molecule has 1 atom stereocenters. The van der Waals surface area contributed by atoms with Crippen LogP contribution in [0.25, 0.3) is 32.9 Å². The van der Waals surface area contributed by atoms with Crippen LogP contribution in [0.3, 0.4) is 0 Å². The zero-order valence-electron chi connectivity index (χ0n) is 19.7. The second-order valence-corrected chi connectivity index (χ2v) is 9.37. The van der Waals surface area contributed by atoms with Crippen LogP contribution < -0.4 is 0 Å². The number of likely N-dealkylation sites (tertiary alicyclic amines) is 1. The quantitative estimate of drug-likeness (QED) is 0.321. The number of carbonyl (C=O) groups is 1. The molecule has 5 aromatic rings. The van der Waals surface area contributed by atoms with Crippen molar-refractivity contribution < 1.29 is 9.32 Å². The Hall–Kier alpha value is -3.86. The molecule has 1 amide bonds. The predicted octanol–water partition coefficient (Wildman–Crippen LogP) is 6.35. The van der Waals surface area contributed by atoms with E-state index in [1.54, 1.807) is 0 Å². The minimum atomic E-state index is 0.122. The van der Waals surface area contributed by atoms with Crippen molar-refractivity contribution in [1.82, 2.24) is 14.6 Å². The number of fused-ring (bicyclic) bond motifs is 3. The van der Waals surface area contributed by atoms with E-state index in [9.17, 15) is 4.79 Å². The molecule has 1 unspecified atom stereocenters. The minimum absolute atomic E-state index is 0.122. The molecule has 1 aliphatic rings. The molecule has 0 aliphatic carbocycles. The summed E-state index contributed by atoms with van der Waals surface area (Å²) >= 11 is 0. The van der Waals surface area contributed by atoms with Crippen LogP contribution >= 0.6 is 0 Å². The Morgan fingerprint density at radius 2 is 1.82 bits per heavy atom. The van der Waals surface area contributed by atoms with Crippen LogP contribution in [0.2, 0.25) is 0 Å². The first-order valence-electron chi connectivity index (χ1n) is 11.9. The van der Waals surface area contributed by atoms with Crippen LogP contribution in [0.15, 0.2) is 71.3 Å². The van der Waals surface area contributed by atoms with Crippen molar-refractivity contribution in [1.29, 1.82) is 0 Å². The number of nitrogens with zero attached hydrogens (tertiary/aromatic N) is 3. The maximum atomic E-state index is 13.1. The summed E-state index contributed by atoms with van der Waals surface area (Å²) < 4.78 is 7.79. The van der Waals surface area contributed by atoms with E-state index in [4.69, 9.17) is 4.52 Å². The fraction of sp³-hybridized carbons (Fsp3) is 0.241. The predicted molar refractivity (Wildman–Crippen MR) is 135 cm³/mol. The van der Waals surface area contributed by atoms with Crippen molar-refractivity contribution in [2.45, 2.75) is 39.8 Å². The summed E-state index contributed by atoms with van der Waals surface area (Å²) in [5, 5.41) is 6.40. The van der Waals surface area contributed by atoms with E-state index in [0.29, 0.717) is 6.04 Å². The molecule has 1 fully saturated rings. The average Bonchev–Trinajstić information content (AvgIpc) is 3.34. The Kier molecular flexibility index (Phi) is 4.80. The van der Waals surface area contributed by atoms with E-state index in [2.05, 4.69) is 71.2 Å². The van der Waals surface area contributed by atoms with Crippen LogP contribution in [0.1, 0.15) is 40.7 Å². The molecule has 1 saturated heterocycles. The number of aryl methyl sites for hydroxylation is 2. The van der Waals surface area contributed by atoms with Crippen LogP contribution in [0.4, 0.5) is 0 Å². The minimum Gasteiger partial charge on any atom is -0.361 e. The lowest BCUT2D eigenvalue weighted by molar-refractivity contribution is 0.0502. The van der Waals surface area contributed by atoms with E-state index in [1.165, 1.54) is 5.56 Å². The summed E-state index contributed by atoms with van der Waals surface area (Å²) in [6.45, 7) is 7.64. The summed E-state index contributed by atoms with van der Waals surface area (Å²) in [5.41, 5.74) is 7.28. The molecule has 6 rings (SSSR count). The molecular formula is C29H27N3O2. The highest BCUT2D eigenvalue weighted by Crippen LogP contribution is 2.36. The van der Waals surface area contributed by atoms with Crippen molar-refractivity contribution in [3.8, 4) is 11.1 Å². The second-order valence-electron chi connectivity index (χ2n) is 9.37. The van der Waals surface area contributed by atoms with E-state index in [1.807, 2.05) is 30.9 Å². The molecular weight excluding hydrogens is 422 g/mol. The van der Waals surface area contributed by atoms with Gasteiger partial charge in [-0.2, -0.15) is 0 Å². The number of rotatable bonds is 4. The van der Waals surface area contributed by atoms with Gasteiger partial charge in [-0.1, -0.05) is 47.6 Å². The third-order valence-electron chi connectivity index (χ3n) is 7.20. The molecule has 34 heavy (non-hydrogen) atoms. The highest BCUT2D eigenvalue weighted by molar-refractivity contribution is 6.11. The third kappa shape index (κ3) is 3.23. The van der Waals surface area contributed by atoms with E-state index >= 15 is 0 Å². The monoisotopic (exact) mass is 449 g/mol. The first kappa shape index (κ1) is 20.7. The van der Waals surface area contributed by atoms with Crippen LogP contribution in [-0.4, -0.2) is 33.1 Å². The second kappa shape index (κ2) is 7.87. The number of benzene rings is 3. The van der Waals surface area contributed by atoms with Gasteiger partial charge in [0.2, 0.25) is 0 Å². The van der Waals surface area contributed by atoms with Gasteiger partial charge in [0.15, 0.2) is 0 Å². The Morgan fingerprint density at radius 3 is 2.50 bits per heavy atom. The van der Waals surface area contributed by atoms with Crippen molar-refractivity contribution >= 4 is 27.7 Å². The van der Waals surface area contributed by atoms with Crippen LogP contribution in [-0.2, 0) is 6.54 Å². The largest absolute Gasteiger partial charge is 0.361 e. The fourth-order valence-electron chi connectivity index (χ4n) is 5.20. The molecule has 1 aliphatic heterocycles. The summed E-state index contributed by atoms with van der Waals surface area (Å²) in [6, 6.07) is 23.5. The van der Waals surface area contributed by atoms with Crippen LogP contribution in [0, 0.1) is 13.8 Å². The number of aromatic nitrogens is 2. The Morgan fingerprint density at radius 1 is 1.00 bits per heavy atom. The lowest BCUT2D eigenvalue weighted by Crippen LogP contribution is -2.49. The fourth-order valence-corrected chi connectivity index (χ4v) is 5.20. The Bertz CT molecular complexity index is 1530. The lowest BCUT2D eigenvalue weighted by Gasteiger charge is -2.38. The molecule has 0 spiro atoms. The summed E-state index contributed by atoms with van der Waals surface area (Å²) in [7, 11) is 0. The molecule has 0 radical (unpaired) electrons. The summed E-state index contributed by atoms with van der Waals surface area (Å²) in [6.07, 6.45) is 1.08. The molecule has 3 aromatic carbocycles. The molecule has 5 heteroatoms. The van der Waals surface area contributed by atoms with Gasteiger partial charge in [-0.15, -0.1) is 0 Å². The van der Waals surface area contributed by atoms with Gasteiger partial charge >= 0.3 is 0 Å². The number of amides is 1. The highest BCUT2D eigenvalue weighted by atomic mass is 16.5. The van der Waals surface area contributed by atoms with Gasteiger partial charge in [0, 0.05) is 46.5 Å². The zero-order chi connectivity index (χ0) is 23.4. The van der Waals surface area contributed by atoms with Crippen molar-refractivity contribution in [3.05, 3.63) is 89.3 Å². The standard InChI is InChI=1S/C29H27N3O2/c1-18-13-14-31(18)29(33)23-10-12-26-25(15-23)24-11-9-22(28-19(2)30-34-20(28)3)16-27(24)32(26)17-21-7-5-4-6-8-21/h4-12,15-16,18H,13-14,17H2,1-3H3. The van der Waals surface area contributed by atoms with Gasteiger partial charge in [0.25, 0.3) is 5.91 Å². The maximum absolute atomic E-state index is 13.1. The topological polar surface area (TPSA) is 51.3 Å². The summed E-state index contributed by atoms with van der Waals surface area (Å²) in [5.74, 6) is 0.941. The van der Waals surface area contributed by atoms with Crippen molar-refractivity contribution in [3.63, 3.8) is 0 Å². The molecule has 170 valence electrons. The zero-order valence-corrected chi connectivity index (χ0v) is 19.7. The number of hydrogen-bond acceptors (Lipinski definition) is 3. The van der Waals surface area contributed by atoms with Gasteiger partial charge in [-0.05, 0) is 62.6 Å². The first-order valence-corrected chi connectivity index (χ1v) is 11.9. The van der Waals surface area contributed by atoms with Gasteiger partial charge in [-0.3, -0.25) is 4.79 Å². The van der Waals surface area contributed by atoms with Gasteiger partial charge in [0.05, 0.1) is 11.2 Å². The third-order valence-corrected chi connectivity index (χ3v) is 7.20. The van der Waals surface area contributed by atoms with E-state index in [0.717, 1.165) is 69.5 Å². The number of hydrogen-bond donors (Lipinski definition) is 0. The molecule has 0 bridgehead atoms. The van der Waals surface area contributed by atoms with Gasteiger partial charge in [0.1, 0.15) is 5.76 Å².